The quantitative estimate of drug-likeness (QED) is 0.921. The van der Waals surface area contributed by atoms with Crippen LogP contribution in [0, 0.1) is 12.7 Å². The molecule has 0 radical (unpaired) electrons. The molecule has 1 aliphatic heterocycles. The fourth-order valence-corrected chi connectivity index (χ4v) is 2.91. The third-order valence-corrected chi connectivity index (χ3v) is 4.13. The highest BCUT2D eigenvalue weighted by Crippen LogP contribution is 2.31. The molecule has 0 unspecified atom stereocenters. The van der Waals surface area contributed by atoms with Crippen molar-refractivity contribution in [3.05, 3.63) is 53.4 Å². The molecule has 2 heterocycles. The Morgan fingerprint density at radius 3 is 2.83 bits per heavy atom. The van der Waals surface area contributed by atoms with Crippen molar-refractivity contribution in [2.24, 2.45) is 0 Å². The van der Waals surface area contributed by atoms with Gasteiger partial charge in [-0.25, -0.2) is 9.37 Å². The molecule has 1 N–H and O–H groups in total. The Hall–Kier alpha value is -2.05. The second-order valence-electron chi connectivity index (χ2n) is 5.80. The molecule has 5 nitrogen and oxygen atoms in total. The standard InChI is InChI=1S/C17H21FN4O/c1-12-19-17(21-20-12)16-10-15(23-2)11-22(16)9-3-4-13-5-7-14(18)8-6-13/h3-8,15-16H,9-11H2,1-2H3,(H,19,20,21)/b4-3+/t15-,16+/m1/s1. The Morgan fingerprint density at radius 2 is 2.17 bits per heavy atom. The number of benzene rings is 1. The first kappa shape index (κ1) is 15.8. The third-order valence-electron chi connectivity index (χ3n) is 4.13. The predicted molar refractivity (Wildman–Crippen MR) is 86.3 cm³/mol. The fraction of sp³-hybridized carbons (Fsp3) is 0.412. The molecule has 1 saturated heterocycles. The normalized spacial score (nSPS) is 22.2. The van der Waals surface area contributed by atoms with Gasteiger partial charge in [-0.2, -0.15) is 5.10 Å². The number of H-pyrrole nitrogens is 1. The van der Waals surface area contributed by atoms with Crippen molar-refractivity contribution in [3.8, 4) is 0 Å². The summed E-state index contributed by atoms with van der Waals surface area (Å²) < 4.78 is 18.4. The first-order valence-electron chi connectivity index (χ1n) is 7.73. The lowest BCUT2D eigenvalue weighted by Crippen LogP contribution is -2.25. The number of methoxy groups -OCH3 is 1. The first-order valence-corrected chi connectivity index (χ1v) is 7.73. The summed E-state index contributed by atoms with van der Waals surface area (Å²) in [5.74, 6) is 1.42. The maximum atomic E-state index is 12.9. The Kier molecular flexibility index (Phi) is 4.83. The molecule has 3 rings (SSSR count). The van der Waals surface area contributed by atoms with Gasteiger partial charge in [0, 0.05) is 20.2 Å². The average Bonchev–Trinajstić information content (AvgIpc) is 3.15. The number of aromatic nitrogens is 3. The summed E-state index contributed by atoms with van der Waals surface area (Å²) in [5.41, 5.74) is 0.985. The first-order chi connectivity index (χ1) is 11.2. The van der Waals surface area contributed by atoms with Crippen LogP contribution in [0.1, 0.15) is 29.7 Å². The van der Waals surface area contributed by atoms with Gasteiger partial charge < -0.3 is 4.74 Å². The number of ether oxygens (including phenoxy) is 1. The minimum atomic E-state index is -0.218. The Bertz CT molecular complexity index is 667. The van der Waals surface area contributed by atoms with E-state index >= 15 is 0 Å². The molecule has 0 bridgehead atoms. The molecule has 1 fully saturated rings. The number of hydrogen-bond donors (Lipinski definition) is 1. The van der Waals surface area contributed by atoms with Gasteiger partial charge in [0.2, 0.25) is 0 Å². The average molecular weight is 316 g/mol. The fourth-order valence-electron chi connectivity index (χ4n) is 2.91. The maximum absolute atomic E-state index is 12.9. The van der Waals surface area contributed by atoms with Crippen LogP contribution in [0.2, 0.25) is 0 Å². The van der Waals surface area contributed by atoms with E-state index in [1.807, 2.05) is 13.0 Å². The molecule has 1 aromatic heterocycles. The van der Waals surface area contributed by atoms with Gasteiger partial charge in [-0.1, -0.05) is 24.3 Å². The van der Waals surface area contributed by atoms with Gasteiger partial charge in [-0.05, 0) is 31.0 Å². The molecule has 122 valence electrons. The zero-order valence-electron chi connectivity index (χ0n) is 13.4. The maximum Gasteiger partial charge on any atom is 0.167 e. The highest BCUT2D eigenvalue weighted by molar-refractivity contribution is 5.49. The number of aromatic amines is 1. The molecule has 2 atom stereocenters. The summed E-state index contributed by atoms with van der Waals surface area (Å²) in [7, 11) is 1.74. The van der Waals surface area contributed by atoms with E-state index < -0.39 is 0 Å². The van der Waals surface area contributed by atoms with Crippen molar-refractivity contribution in [2.45, 2.75) is 25.5 Å². The number of rotatable bonds is 5. The minimum absolute atomic E-state index is 0.155. The van der Waals surface area contributed by atoms with Crippen LogP contribution in [0.5, 0.6) is 0 Å². The summed E-state index contributed by atoms with van der Waals surface area (Å²) in [5, 5.41) is 7.20. The predicted octanol–water partition coefficient (Wildman–Crippen LogP) is 2.73. The number of nitrogens with zero attached hydrogens (tertiary/aromatic N) is 3. The summed E-state index contributed by atoms with van der Waals surface area (Å²) in [6.45, 7) is 3.52. The van der Waals surface area contributed by atoms with Gasteiger partial charge in [0.15, 0.2) is 5.82 Å². The second kappa shape index (κ2) is 7.02. The van der Waals surface area contributed by atoms with E-state index in [2.05, 4.69) is 26.2 Å². The lowest BCUT2D eigenvalue weighted by molar-refractivity contribution is 0.109. The molecule has 6 heteroatoms. The van der Waals surface area contributed by atoms with Crippen LogP contribution in [0.3, 0.4) is 0 Å². The molecule has 0 saturated carbocycles. The van der Waals surface area contributed by atoms with Crippen molar-refractivity contribution in [1.29, 1.82) is 0 Å². The van der Waals surface area contributed by atoms with E-state index in [-0.39, 0.29) is 18.0 Å². The van der Waals surface area contributed by atoms with Crippen LogP contribution in [0.15, 0.2) is 30.3 Å². The smallest absolute Gasteiger partial charge is 0.167 e. The molecule has 1 aliphatic rings. The number of hydrogen-bond acceptors (Lipinski definition) is 4. The molecule has 0 amide bonds. The van der Waals surface area contributed by atoms with Crippen LogP contribution in [-0.2, 0) is 4.74 Å². The van der Waals surface area contributed by atoms with E-state index in [1.54, 1.807) is 19.2 Å². The van der Waals surface area contributed by atoms with Crippen LogP contribution in [-0.4, -0.2) is 46.4 Å². The number of halogens is 1. The number of likely N-dealkylation sites (tertiary alicyclic amines) is 1. The van der Waals surface area contributed by atoms with Crippen molar-refractivity contribution >= 4 is 6.08 Å². The van der Waals surface area contributed by atoms with Crippen molar-refractivity contribution in [3.63, 3.8) is 0 Å². The highest BCUT2D eigenvalue weighted by atomic mass is 19.1. The zero-order chi connectivity index (χ0) is 16.2. The monoisotopic (exact) mass is 316 g/mol. The zero-order valence-corrected chi connectivity index (χ0v) is 13.4. The van der Waals surface area contributed by atoms with E-state index in [9.17, 15) is 4.39 Å². The van der Waals surface area contributed by atoms with Gasteiger partial charge in [0.1, 0.15) is 11.6 Å². The van der Waals surface area contributed by atoms with Gasteiger partial charge in [0.25, 0.3) is 0 Å². The third kappa shape index (κ3) is 3.83. The van der Waals surface area contributed by atoms with Gasteiger partial charge >= 0.3 is 0 Å². The van der Waals surface area contributed by atoms with Crippen molar-refractivity contribution < 1.29 is 9.13 Å². The molecular formula is C17H21FN4O. The highest BCUT2D eigenvalue weighted by Gasteiger charge is 2.34. The Balaban J connectivity index is 1.67. The topological polar surface area (TPSA) is 54.0 Å². The SMILES string of the molecule is CO[C@@H]1C[C@@H](c2n[nH]c(C)n2)N(C/C=C/c2ccc(F)cc2)C1. The Labute approximate surface area is 135 Å². The van der Waals surface area contributed by atoms with E-state index in [4.69, 9.17) is 4.74 Å². The van der Waals surface area contributed by atoms with Crippen LogP contribution in [0.4, 0.5) is 4.39 Å². The summed E-state index contributed by atoms with van der Waals surface area (Å²) >= 11 is 0. The molecular weight excluding hydrogens is 295 g/mol. The van der Waals surface area contributed by atoms with Gasteiger partial charge in [0.05, 0.1) is 12.1 Å². The summed E-state index contributed by atoms with van der Waals surface area (Å²) in [4.78, 5) is 6.76. The molecule has 0 spiro atoms. The van der Waals surface area contributed by atoms with E-state index in [1.165, 1.54) is 12.1 Å². The molecule has 23 heavy (non-hydrogen) atoms. The lowest BCUT2D eigenvalue weighted by Gasteiger charge is -2.19. The number of nitrogens with one attached hydrogen (secondary N) is 1. The number of aryl methyl sites for hydroxylation is 1. The summed E-state index contributed by atoms with van der Waals surface area (Å²) in [6, 6.07) is 6.63. The Morgan fingerprint density at radius 1 is 1.39 bits per heavy atom. The summed E-state index contributed by atoms with van der Waals surface area (Å²) in [6.07, 6.45) is 5.16. The van der Waals surface area contributed by atoms with Crippen LogP contribution < -0.4 is 0 Å². The second-order valence-corrected chi connectivity index (χ2v) is 5.80. The van der Waals surface area contributed by atoms with Gasteiger partial charge in [-0.15, -0.1) is 0 Å². The van der Waals surface area contributed by atoms with Crippen LogP contribution >= 0.6 is 0 Å². The van der Waals surface area contributed by atoms with E-state index in [0.717, 1.165) is 36.7 Å². The van der Waals surface area contributed by atoms with Crippen LogP contribution in [0.25, 0.3) is 6.08 Å². The lowest BCUT2D eigenvalue weighted by atomic mass is 10.2. The largest absolute Gasteiger partial charge is 0.380 e. The minimum Gasteiger partial charge on any atom is -0.380 e. The van der Waals surface area contributed by atoms with E-state index in [0.29, 0.717) is 0 Å². The molecule has 0 aliphatic carbocycles. The molecule has 2 aromatic rings. The van der Waals surface area contributed by atoms with Crippen molar-refractivity contribution in [2.75, 3.05) is 20.2 Å². The van der Waals surface area contributed by atoms with Crippen molar-refractivity contribution in [1.82, 2.24) is 20.1 Å². The molecule has 1 aromatic carbocycles. The van der Waals surface area contributed by atoms with Gasteiger partial charge in [-0.3, -0.25) is 10.00 Å².